The first-order valence-corrected chi connectivity index (χ1v) is 4.88. The molecule has 2 aromatic heterocycles. The lowest BCUT2D eigenvalue weighted by Crippen LogP contribution is -2.11. The fraction of sp³-hybridized carbons (Fsp3) is 0.400. The van der Waals surface area contributed by atoms with Crippen molar-refractivity contribution in [1.29, 1.82) is 0 Å². The summed E-state index contributed by atoms with van der Waals surface area (Å²) in [4.78, 5) is 15.6. The van der Waals surface area contributed by atoms with Crippen LogP contribution in [0.25, 0.3) is 5.65 Å². The molecule has 0 amide bonds. The summed E-state index contributed by atoms with van der Waals surface area (Å²) in [6.07, 6.45) is 3.63. The number of aryl methyl sites for hydroxylation is 1. The van der Waals surface area contributed by atoms with E-state index in [9.17, 15) is 4.79 Å². The van der Waals surface area contributed by atoms with Gasteiger partial charge in [0.2, 0.25) is 0 Å². The fourth-order valence-electron chi connectivity index (χ4n) is 1.52. The minimum atomic E-state index is -0.0243. The predicted molar refractivity (Wildman–Crippen MR) is 56.1 cm³/mol. The third-order valence-corrected chi connectivity index (χ3v) is 2.24. The first kappa shape index (κ1) is 10.7. The van der Waals surface area contributed by atoms with E-state index in [0.29, 0.717) is 11.3 Å². The second kappa shape index (κ2) is 4.36. The number of hydrogen-bond acceptors (Lipinski definition) is 5. The number of fused-ring (bicyclic) bond motifs is 1. The van der Waals surface area contributed by atoms with E-state index < -0.39 is 0 Å². The lowest BCUT2D eigenvalue weighted by Gasteiger charge is -2.01. The molecule has 0 N–H and O–H groups in total. The minimum Gasteiger partial charge on any atom is -0.377 e. The second-order valence-electron chi connectivity index (χ2n) is 3.46. The standard InChI is InChI=1S/C10H12N4O2/c1-7-12-13-10-9(5-8(15)6-16-2)11-3-4-14(7)10/h3-4H,5-6H2,1-2H3. The maximum absolute atomic E-state index is 11.4. The Morgan fingerprint density at radius 3 is 3.06 bits per heavy atom. The van der Waals surface area contributed by atoms with Gasteiger partial charge in [-0.05, 0) is 6.92 Å². The Morgan fingerprint density at radius 1 is 1.50 bits per heavy atom. The van der Waals surface area contributed by atoms with E-state index in [0.717, 1.165) is 5.82 Å². The Hall–Kier alpha value is -1.82. The highest BCUT2D eigenvalue weighted by atomic mass is 16.5. The van der Waals surface area contributed by atoms with Crippen LogP contribution in [0.4, 0.5) is 0 Å². The van der Waals surface area contributed by atoms with Crippen molar-refractivity contribution in [2.75, 3.05) is 13.7 Å². The number of ketones is 1. The molecule has 0 bridgehead atoms. The summed E-state index contributed by atoms with van der Waals surface area (Å²) in [5.41, 5.74) is 1.26. The van der Waals surface area contributed by atoms with Crippen LogP contribution in [0.3, 0.4) is 0 Å². The molecule has 0 spiro atoms. The third kappa shape index (κ3) is 1.92. The minimum absolute atomic E-state index is 0.0243. The summed E-state index contributed by atoms with van der Waals surface area (Å²) >= 11 is 0. The van der Waals surface area contributed by atoms with Crippen LogP contribution in [0.15, 0.2) is 12.4 Å². The monoisotopic (exact) mass is 220 g/mol. The van der Waals surface area contributed by atoms with Gasteiger partial charge in [0.1, 0.15) is 12.4 Å². The topological polar surface area (TPSA) is 69.4 Å². The van der Waals surface area contributed by atoms with Gasteiger partial charge in [0.25, 0.3) is 0 Å². The molecule has 6 heteroatoms. The van der Waals surface area contributed by atoms with Gasteiger partial charge in [0.05, 0.1) is 12.1 Å². The Kier molecular flexibility index (Phi) is 2.91. The molecule has 2 aromatic rings. The molecule has 0 saturated carbocycles. The first-order valence-electron chi connectivity index (χ1n) is 4.88. The van der Waals surface area contributed by atoms with Crippen molar-refractivity contribution in [3.63, 3.8) is 0 Å². The van der Waals surface area contributed by atoms with Gasteiger partial charge in [-0.2, -0.15) is 0 Å². The van der Waals surface area contributed by atoms with Crippen LogP contribution < -0.4 is 0 Å². The van der Waals surface area contributed by atoms with Gasteiger partial charge in [0, 0.05) is 19.5 Å². The Labute approximate surface area is 92.3 Å². The van der Waals surface area contributed by atoms with Gasteiger partial charge in [-0.25, -0.2) is 0 Å². The van der Waals surface area contributed by atoms with E-state index in [1.54, 1.807) is 12.4 Å². The highest BCUT2D eigenvalue weighted by Gasteiger charge is 2.11. The van der Waals surface area contributed by atoms with Crippen molar-refractivity contribution in [2.45, 2.75) is 13.3 Å². The van der Waals surface area contributed by atoms with E-state index in [1.165, 1.54) is 7.11 Å². The Morgan fingerprint density at radius 2 is 2.31 bits per heavy atom. The highest BCUT2D eigenvalue weighted by molar-refractivity contribution is 5.82. The van der Waals surface area contributed by atoms with Crippen LogP contribution in [-0.2, 0) is 16.0 Å². The molecular formula is C10H12N4O2. The first-order chi connectivity index (χ1) is 7.72. The van der Waals surface area contributed by atoms with Crippen LogP contribution in [0, 0.1) is 6.92 Å². The molecule has 0 fully saturated rings. The number of aromatic nitrogens is 4. The number of rotatable bonds is 4. The molecule has 0 radical (unpaired) electrons. The summed E-state index contributed by atoms with van der Waals surface area (Å²) < 4.78 is 6.58. The highest BCUT2D eigenvalue weighted by Crippen LogP contribution is 2.07. The number of hydrogen-bond donors (Lipinski definition) is 0. The molecular weight excluding hydrogens is 208 g/mol. The Balaban J connectivity index is 2.34. The van der Waals surface area contributed by atoms with E-state index in [-0.39, 0.29) is 18.8 Å². The van der Waals surface area contributed by atoms with Crippen molar-refractivity contribution in [1.82, 2.24) is 19.6 Å². The van der Waals surface area contributed by atoms with Crippen LogP contribution >= 0.6 is 0 Å². The molecule has 16 heavy (non-hydrogen) atoms. The average molecular weight is 220 g/mol. The SMILES string of the molecule is COCC(=O)Cc1nccn2c(C)nnc12. The number of nitrogens with zero attached hydrogens (tertiary/aromatic N) is 4. The normalized spacial score (nSPS) is 10.9. The molecule has 2 heterocycles. The molecule has 84 valence electrons. The summed E-state index contributed by atoms with van der Waals surface area (Å²) in [5.74, 6) is 0.751. The van der Waals surface area contributed by atoms with Gasteiger partial charge >= 0.3 is 0 Å². The molecule has 0 atom stereocenters. The molecule has 0 aliphatic heterocycles. The number of ether oxygens (including phenoxy) is 1. The predicted octanol–water partition coefficient (Wildman–Crippen LogP) is 0.191. The van der Waals surface area contributed by atoms with Gasteiger partial charge in [-0.1, -0.05) is 0 Å². The zero-order valence-electron chi connectivity index (χ0n) is 9.17. The molecule has 2 rings (SSSR count). The Bertz CT molecular complexity index is 521. The average Bonchev–Trinajstić information content (AvgIpc) is 2.62. The molecule has 0 aromatic carbocycles. The fourth-order valence-corrected chi connectivity index (χ4v) is 1.52. The van der Waals surface area contributed by atoms with Crippen LogP contribution in [0.1, 0.15) is 11.5 Å². The molecule has 0 aliphatic rings. The van der Waals surface area contributed by atoms with E-state index in [2.05, 4.69) is 15.2 Å². The van der Waals surface area contributed by atoms with E-state index in [4.69, 9.17) is 4.74 Å². The molecule has 0 unspecified atom stereocenters. The van der Waals surface area contributed by atoms with Gasteiger partial charge in [-0.3, -0.25) is 14.2 Å². The lowest BCUT2D eigenvalue weighted by atomic mass is 10.2. The molecule has 6 nitrogen and oxygen atoms in total. The van der Waals surface area contributed by atoms with Gasteiger partial charge < -0.3 is 4.74 Å². The number of carbonyl (C=O) groups excluding carboxylic acids is 1. The number of carbonyl (C=O) groups is 1. The van der Waals surface area contributed by atoms with Gasteiger partial charge in [-0.15, -0.1) is 10.2 Å². The smallest absolute Gasteiger partial charge is 0.183 e. The largest absolute Gasteiger partial charge is 0.377 e. The van der Waals surface area contributed by atoms with Crippen LogP contribution in [-0.4, -0.2) is 39.1 Å². The van der Waals surface area contributed by atoms with Crippen molar-refractivity contribution < 1.29 is 9.53 Å². The lowest BCUT2D eigenvalue weighted by molar-refractivity contribution is -0.122. The summed E-state index contributed by atoms with van der Waals surface area (Å²) in [5, 5.41) is 7.93. The van der Waals surface area contributed by atoms with E-state index >= 15 is 0 Å². The maximum atomic E-state index is 11.4. The molecule has 0 aliphatic carbocycles. The van der Waals surface area contributed by atoms with Crippen molar-refractivity contribution in [3.05, 3.63) is 23.9 Å². The summed E-state index contributed by atoms with van der Waals surface area (Å²) in [7, 11) is 1.49. The van der Waals surface area contributed by atoms with Gasteiger partial charge in [0.15, 0.2) is 11.4 Å². The van der Waals surface area contributed by atoms with Crippen molar-refractivity contribution >= 4 is 11.4 Å². The third-order valence-electron chi connectivity index (χ3n) is 2.24. The molecule has 0 saturated heterocycles. The second-order valence-corrected chi connectivity index (χ2v) is 3.46. The number of methoxy groups -OCH3 is 1. The summed E-state index contributed by atoms with van der Waals surface area (Å²) in [6, 6.07) is 0. The van der Waals surface area contributed by atoms with Crippen LogP contribution in [0.5, 0.6) is 0 Å². The van der Waals surface area contributed by atoms with E-state index in [1.807, 2.05) is 11.3 Å². The number of Topliss-reactive ketones (excluding diaryl/α,β-unsaturated/α-hetero) is 1. The zero-order chi connectivity index (χ0) is 11.5. The van der Waals surface area contributed by atoms with Crippen LogP contribution in [0.2, 0.25) is 0 Å². The van der Waals surface area contributed by atoms with Crippen molar-refractivity contribution in [2.24, 2.45) is 0 Å². The quantitative estimate of drug-likeness (QED) is 0.735. The maximum Gasteiger partial charge on any atom is 0.183 e. The van der Waals surface area contributed by atoms with Crippen molar-refractivity contribution in [3.8, 4) is 0 Å². The summed E-state index contributed by atoms with van der Waals surface area (Å²) in [6.45, 7) is 1.94. The zero-order valence-corrected chi connectivity index (χ0v) is 9.17.